The number of phenolic OH excluding ortho intramolecular Hbond substituents is 1. The van der Waals surface area contributed by atoms with Crippen LogP contribution in [0.5, 0.6) is 5.75 Å². The van der Waals surface area contributed by atoms with Gasteiger partial charge in [0.05, 0.1) is 6.20 Å². The molecule has 0 bridgehead atoms. The molecule has 202 valence electrons. The Morgan fingerprint density at radius 3 is 2.61 bits per heavy atom. The van der Waals surface area contributed by atoms with E-state index in [4.69, 9.17) is 4.74 Å². The van der Waals surface area contributed by atoms with Crippen LogP contribution in [0.3, 0.4) is 0 Å². The number of fused-ring (bicyclic) bond motifs is 1. The van der Waals surface area contributed by atoms with Gasteiger partial charge in [-0.15, -0.1) is 16.9 Å². The lowest BCUT2D eigenvalue weighted by Crippen LogP contribution is -2.71. The first kappa shape index (κ1) is 27.3. The summed E-state index contributed by atoms with van der Waals surface area (Å²) in [5.74, 6) is -1.88. The second-order valence-corrected chi connectivity index (χ2v) is 11.5. The molecule has 5 N–H and O–H groups in total. The van der Waals surface area contributed by atoms with E-state index in [9.17, 15) is 29.4 Å². The van der Waals surface area contributed by atoms with Crippen molar-refractivity contribution in [2.45, 2.75) is 48.9 Å². The number of alkyl carbamates (subject to hydrolysis) is 1. The van der Waals surface area contributed by atoms with Crippen LogP contribution in [0.4, 0.5) is 4.79 Å². The van der Waals surface area contributed by atoms with Gasteiger partial charge in [0.25, 0.3) is 5.91 Å². The number of aromatic amines is 1. The van der Waals surface area contributed by atoms with Crippen LogP contribution >= 0.6 is 23.5 Å². The van der Waals surface area contributed by atoms with Gasteiger partial charge in [0.1, 0.15) is 39.5 Å². The molecule has 2 aromatic rings. The maximum Gasteiger partial charge on any atom is 0.408 e. The molecule has 3 heterocycles. The molecule has 0 aliphatic carbocycles. The number of hydrogen-bond acceptors (Lipinski definition) is 10. The molecule has 1 saturated heterocycles. The molecule has 3 amide bonds. The predicted octanol–water partition coefficient (Wildman–Crippen LogP) is 1.61. The van der Waals surface area contributed by atoms with Crippen LogP contribution in [-0.2, 0) is 19.1 Å². The number of amides is 3. The minimum atomic E-state index is -1.24. The lowest BCUT2D eigenvalue weighted by atomic mass is 10.0. The van der Waals surface area contributed by atoms with Gasteiger partial charge in [-0.2, -0.15) is 10.3 Å². The van der Waals surface area contributed by atoms with Crippen molar-refractivity contribution in [1.29, 1.82) is 0 Å². The third-order valence-corrected chi connectivity index (χ3v) is 7.81. The summed E-state index contributed by atoms with van der Waals surface area (Å²) in [6, 6.07) is 3.43. The number of benzene rings is 1. The molecule has 4 rings (SSSR count). The Hall–Kier alpha value is -3.72. The number of aromatic nitrogens is 3. The first-order chi connectivity index (χ1) is 17.9. The van der Waals surface area contributed by atoms with E-state index in [1.165, 1.54) is 58.9 Å². The van der Waals surface area contributed by atoms with Crippen molar-refractivity contribution in [1.82, 2.24) is 30.9 Å². The van der Waals surface area contributed by atoms with Crippen LogP contribution in [0.2, 0.25) is 0 Å². The highest BCUT2D eigenvalue weighted by Gasteiger charge is 2.54. The minimum absolute atomic E-state index is 0.0286. The summed E-state index contributed by atoms with van der Waals surface area (Å²) < 4.78 is 5.28. The lowest BCUT2D eigenvalue weighted by Gasteiger charge is -2.49. The molecule has 0 spiro atoms. The van der Waals surface area contributed by atoms with Crippen molar-refractivity contribution in [3.63, 3.8) is 0 Å². The Morgan fingerprint density at radius 2 is 2.00 bits per heavy atom. The number of carbonyl (C=O) groups excluding carboxylic acids is 3. The minimum Gasteiger partial charge on any atom is -0.508 e. The molecule has 3 atom stereocenters. The third-order valence-electron chi connectivity index (χ3n) is 5.48. The number of ether oxygens (including phenoxy) is 1. The fourth-order valence-corrected chi connectivity index (χ4v) is 6.11. The van der Waals surface area contributed by atoms with E-state index in [-0.39, 0.29) is 11.4 Å². The Labute approximate surface area is 225 Å². The van der Waals surface area contributed by atoms with Crippen molar-refractivity contribution in [3.05, 3.63) is 47.3 Å². The predicted molar refractivity (Wildman–Crippen MR) is 137 cm³/mol. The zero-order valence-electron chi connectivity index (χ0n) is 20.6. The molecule has 38 heavy (non-hydrogen) atoms. The van der Waals surface area contributed by atoms with Crippen molar-refractivity contribution < 1.29 is 34.1 Å². The lowest BCUT2D eigenvalue weighted by molar-refractivity contribution is -0.151. The van der Waals surface area contributed by atoms with Gasteiger partial charge in [-0.05, 0) is 44.0 Å². The van der Waals surface area contributed by atoms with E-state index >= 15 is 0 Å². The Balaban J connectivity index is 1.49. The molecule has 0 radical (unpaired) electrons. The maximum absolute atomic E-state index is 13.3. The van der Waals surface area contributed by atoms with Crippen LogP contribution in [0.1, 0.15) is 32.4 Å². The van der Waals surface area contributed by atoms with E-state index < -0.39 is 46.9 Å². The van der Waals surface area contributed by atoms with Crippen molar-refractivity contribution in [2.75, 3.05) is 11.5 Å². The quantitative estimate of drug-likeness (QED) is 0.232. The molecule has 1 fully saturated rings. The van der Waals surface area contributed by atoms with E-state index in [2.05, 4.69) is 26.0 Å². The highest BCUT2D eigenvalue weighted by Crippen LogP contribution is 2.41. The molecule has 15 heteroatoms. The summed E-state index contributed by atoms with van der Waals surface area (Å²) >= 11 is 2.62. The van der Waals surface area contributed by atoms with Gasteiger partial charge in [0.2, 0.25) is 5.91 Å². The summed E-state index contributed by atoms with van der Waals surface area (Å²) in [6.07, 6.45) is 0.672. The molecular formula is C23H26N6O7S2. The molecule has 1 aromatic carbocycles. The number of carboxylic acids is 1. The number of aliphatic carboxylic acids is 1. The normalized spacial score (nSPS) is 19.8. The van der Waals surface area contributed by atoms with Gasteiger partial charge in [0, 0.05) is 11.5 Å². The third kappa shape index (κ3) is 6.05. The number of nitrogens with zero attached hydrogens (tertiary/aromatic N) is 3. The number of carbonyl (C=O) groups is 4. The fourth-order valence-electron chi connectivity index (χ4n) is 3.85. The summed E-state index contributed by atoms with van der Waals surface area (Å²) in [7, 11) is 0. The van der Waals surface area contributed by atoms with Crippen molar-refractivity contribution in [3.8, 4) is 5.75 Å². The Kier molecular flexibility index (Phi) is 7.87. The van der Waals surface area contributed by atoms with Gasteiger partial charge < -0.3 is 25.6 Å². The second kappa shape index (κ2) is 10.9. The molecule has 2 aliphatic rings. The number of phenols is 1. The molecule has 2 aliphatic heterocycles. The molecule has 2 unspecified atom stereocenters. The standard InChI is InChI=1S/C23H26N6O7S2/c1-23(2,3)36-22(35)26-15(11-4-6-13(30)7-5-11)18(31)25-16-19(32)29-17(21(33)34)12(10-38-20(16)29)9-37-14-8-24-28-27-14/h4-8,15-16,20,30H,9-10H2,1-3H3,(H,25,31)(H,26,35)(H,33,34)(H,24,27,28)/t15?,16?,20-/m1/s1. The highest BCUT2D eigenvalue weighted by molar-refractivity contribution is 8.01. The number of nitrogens with one attached hydrogen (secondary N) is 3. The molecule has 0 saturated carbocycles. The van der Waals surface area contributed by atoms with E-state index in [1.807, 2.05) is 0 Å². The Morgan fingerprint density at radius 1 is 1.29 bits per heavy atom. The maximum atomic E-state index is 13.3. The summed E-state index contributed by atoms with van der Waals surface area (Å²) in [6.45, 7) is 5.03. The Bertz CT molecular complexity index is 1260. The van der Waals surface area contributed by atoms with Gasteiger partial charge in [-0.25, -0.2) is 9.59 Å². The zero-order chi connectivity index (χ0) is 27.6. The van der Waals surface area contributed by atoms with Crippen LogP contribution in [0.25, 0.3) is 0 Å². The number of rotatable bonds is 8. The first-order valence-electron chi connectivity index (χ1n) is 11.4. The molecule has 13 nitrogen and oxygen atoms in total. The highest BCUT2D eigenvalue weighted by atomic mass is 32.2. The zero-order valence-corrected chi connectivity index (χ0v) is 22.3. The number of aromatic hydroxyl groups is 1. The fraction of sp³-hybridized carbons (Fsp3) is 0.391. The van der Waals surface area contributed by atoms with Crippen molar-refractivity contribution >= 4 is 47.4 Å². The largest absolute Gasteiger partial charge is 0.508 e. The van der Waals surface area contributed by atoms with Gasteiger partial charge in [-0.1, -0.05) is 23.9 Å². The summed E-state index contributed by atoms with van der Waals surface area (Å²) in [5.41, 5.74) is -0.0167. The number of β-lactam (4-membered cyclic amide) rings is 1. The van der Waals surface area contributed by atoms with Crippen LogP contribution in [-0.4, -0.2) is 82.9 Å². The van der Waals surface area contributed by atoms with Gasteiger partial charge in [-0.3, -0.25) is 14.5 Å². The number of thioether (sulfide) groups is 2. The van der Waals surface area contributed by atoms with E-state index in [1.54, 1.807) is 20.8 Å². The average molecular weight is 563 g/mol. The summed E-state index contributed by atoms with van der Waals surface area (Å²) in [4.78, 5) is 52.1. The van der Waals surface area contributed by atoms with Crippen LogP contribution < -0.4 is 10.6 Å². The molecule has 1 aromatic heterocycles. The topological polar surface area (TPSA) is 187 Å². The number of hydrogen-bond donors (Lipinski definition) is 5. The van der Waals surface area contributed by atoms with Crippen molar-refractivity contribution in [2.24, 2.45) is 0 Å². The van der Waals surface area contributed by atoms with E-state index in [0.29, 0.717) is 27.7 Å². The van der Waals surface area contributed by atoms with Gasteiger partial charge in [0.15, 0.2) is 0 Å². The molecular weight excluding hydrogens is 536 g/mol. The van der Waals surface area contributed by atoms with Crippen LogP contribution in [0.15, 0.2) is 46.8 Å². The first-order valence-corrected chi connectivity index (χ1v) is 13.5. The monoisotopic (exact) mass is 562 g/mol. The number of H-pyrrole nitrogens is 1. The second-order valence-electron chi connectivity index (χ2n) is 9.42. The number of carboxylic acid groups (broad SMARTS) is 1. The van der Waals surface area contributed by atoms with Crippen LogP contribution in [0, 0.1) is 0 Å². The smallest absolute Gasteiger partial charge is 0.408 e. The summed E-state index contributed by atoms with van der Waals surface area (Å²) in [5, 5.41) is 34.7. The van der Waals surface area contributed by atoms with E-state index in [0.717, 1.165) is 0 Å². The average Bonchev–Trinajstić information content (AvgIpc) is 3.37. The SMILES string of the molecule is CC(C)(C)OC(=O)NC(C(=O)NC1C(=O)N2C(C(=O)O)=C(CSc3cn[nH]n3)CS[C@H]12)c1ccc(O)cc1. The van der Waals surface area contributed by atoms with Gasteiger partial charge >= 0.3 is 12.1 Å².